The molecule has 0 spiro atoms. The molecule has 4 rings (SSSR count). The number of rotatable bonds is 6. The molecular weight excluding hydrogens is 368 g/mol. The third-order valence-electron chi connectivity index (χ3n) is 4.94. The van der Waals surface area contributed by atoms with Gasteiger partial charge >= 0.3 is 0 Å². The second-order valence-corrected chi connectivity index (χ2v) is 6.99. The molecule has 0 bridgehead atoms. The third kappa shape index (κ3) is 4.60. The molecule has 1 aliphatic heterocycles. The Hall–Kier alpha value is -3.26. The van der Waals surface area contributed by atoms with Gasteiger partial charge in [-0.25, -0.2) is 0 Å². The van der Waals surface area contributed by atoms with Crippen molar-refractivity contribution in [2.75, 3.05) is 38.3 Å². The minimum Gasteiger partial charge on any atom is -0.378 e. The Morgan fingerprint density at radius 1 is 1.07 bits per heavy atom. The van der Waals surface area contributed by atoms with Crippen LogP contribution in [0.15, 0.2) is 54.6 Å². The Labute approximate surface area is 169 Å². The van der Waals surface area contributed by atoms with E-state index in [0.717, 1.165) is 43.1 Å². The van der Waals surface area contributed by atoms with Crippen LogP contribution >= 0.6 is 0 Å². The van der Waals surface area contributed by atoms with E-state index in [0.29, 0.717) is 12.4 Å². The molecule has 0 atom stereocenters. The van der Waals surface area contributed by atoms with Gasteiger partial charge in [0, 0.05) is 37.9 Å². The van der Waals surface area contributed by atoms with Crippen molar-refractivity contribution < 1.29 is 9.53 Å². The molecule has 0 radical (unpaired) electrons. The maximum atomic E-state index is 12.7. The smallest absolute Gasteiger partial charge is 0.246 e. The Morgan fingerprint density at radius 2 is 1.79 bits per heavy atom. The molecule has 1 aromatic heterocycles. The average Bonchev–Trinajstić information content (AvgIpc) is 3.24. The number of tetrazole rings is 1. The maximum Gasteiger partial charge on any atom is 0.246 e. The van der Waals surface area contributed by atoms with Crippen molar-refractivity contribution in [3.05, 3.63) is 60.2 Å². The predicted molar refractivity (Wildman–Crippen MR) is 109 cm³/mol. The number of aromatic nitrogens is 4. The van der Waals surface area contributed by atoms with E-state index in [1.54, 1.807) is 11.9 Å². The van der Waals surface area contributed by atoms with Crippen LogP contribution in [0.3, 0.4) is 0 Å². The van der Waals surface area contributed by atoms with Gasteiger partial charge in [-0.2, -0.15) is 4.80 Å². The molecule has 0 N–H and O–H groups in total. The number of amides is 1. The summed E-state index contributed by atoms with van der Waals surface area (Å²) in [6, 6.07) is 17.8. The van der Waals surface area contributed by atoms with Gasteiger partial charge in [-0.1, -0.05) is 48.5 Å². The molecule has 1 fully saturated rings. The lowest BCUT2D eigenvalue weighted by molar-refractivity contribution is -0.131. The third-order valence-corrected chi connectivity index (χ3v) is 4.94. The summed E-state index contributed by atoms with van der Waals surface area (Å²) in [5, 5.41) is 12.4. The van der Waals surface area contributed by atoms with Crippen LogP contribution in [-0.2, 0) is 22.6 Å². The van der Waals surface area contributed by atoms with Crippen molar-refractivity contribution in [3.8, 4) is 11.4 Å². The molecule has 3 aromatic rings. The summed E-state index contributed by atoms with van der Waals surface area (Å²) in [5.74, 6) is 0.442. The lowest BCUT2D eigenvalue weighted by atomic mass is 10.1. The van der Waals surface area contributed by atoms with E-state index >= 15 is 0 Å². The molecule has 2 heterocycles. The number of carbonyl (C=O) groups excluding carboxylic acids is 1. The van der Waals surface area contributed by atoms with Crippen molar-refractivity contribution in [1.82, 2.24) is 25.1 Å². The Balaban J connectivity index is 1.41. The summed E-state index contributed by atoms with van der Waals surface area (Å²) in [4.78, 5) is 18.1. The predicted octanol–water partition coefficient (Wildman–Crippen LogP) is 1.84. The number of benzene rings is 2. The quantitative estimate of drug-likeness (QED) is 0.637. The van der Waals surface area contributed by atoms with E-state index in [1.165, 1.54) is 4.80 Å². The van der Waals surface area contributed by atoms with Crippen LogP contribution in [0.25, 0.3) is 11.4 Å². The van der Waals surface area contributed by atoms with E-state index in [1.807, 2.05) is 42.5 Å². The standard InChI is InChI=1S/C21H24N6O2/c1-25(15-18-9-5-6-10-19(18)26-11-13-29-14-12-26)20(28)16-27-23-21(22-24-27)17-7-3-2-4-8-17/h2-10H,11-16H2,1H3. The Bertz CT molecular complexity index is 953. The number of carbonyl (C=O) groups is 1. The van der Waals surface area contributed by atoms with Crippen molar-refractivity contribution >= 4 is 11.6 Å². The van der Waals surface area contributed by atoms with Crippen LogP contribution in [0.1, 0.15) is 5.56 Å². The van der Waals surface area contributed by atoms with Crippen LogP contribution < -0.4 is 4.90 Å². The van der Waals surface area contributed by atoms with Crippen molar-refractivity contribution in [3.63, 3.8) is 0 Å². The minimum absolute atomic E-state index is 0.0516. The highest BCUT2D eigenvalue weighted by atomic mass is 16.5. The number of likely N-dealkylation sites (N-methyl/N-ethyl adjacent to an activating group) is 1. The fourth-order valence-electron chi connectivity index (χ4n) is 3.36. The van der Waals surface area contributed by atoms with Crippen LogP contribution in [-0.4, -0.2) is 64.4 Å². The number of anilines is 1. The number of hydrogen-bond acceptors (Lipinski definition) is 6. The van der Waals surface area contributed by atoms with E-state index in [-0.39, 0.29) is 12.5 Å². The highest BCUT2D eigenvalue weighted by Crippen LogP contribution is 2.22. The first-order chi connectivity index (χ1) is 14.2. The van der Waals surface area contributed by atoms with Crippen molar-refractivity contribution in [2.45, 2.75) is 13.1 Å². The van der Waals surface area contributed by atoms with Crippen molar-refractivity contribution in [2.24, 2.45) is 0 Å². The molecule has 8 nitrogen and oxygen atoms in total. The lowest BCUT2D eigenvalue weighted by Crippen LogP contribution is -2.37. The highest BCUT2D eigenvalue weighted by molar-refractivity contribution is 5.75. The molecule has 8 heteroatoms. The monoisotopic (exact) mass is 392 g/mol. The first-order valence-corrected chi connectivity index (χ1v) is 9.68. The molecule has 150 valence electrons. The normalized spacial score (nSPS) is 14.0. The van der Waals surface area contributed by atoms with Gasteiger partial charge in [0.15, 0.2) is 0 Å². The maximum absolute atomic E-state index is 12.7. The lowest BCUT2D eigenvalue weighted by Gasteiger charge is -2.31. The van der Waals surface area contributed by atoms with Crippen LogP contribution in [0.5, 0.6) is 0 Å². The van der Waals surface area contributed by atoms with E-state index in [2.05, 4.69) is 32.4 Å². The molecule has 0 unspecified atom stereocenters. The SMILES string of the molecule is CN(Cc1ccccc1N1CCOCC1)C(=O)Cn1nnc(-c2ccccc2)n1. The summed E-state index contributed by atoms with van der Waals surface area (Å²) in [7, 11) is 1.80. The van der Waals surface area contributed by atoms with Gasteiger partial charge in [-0.3, -0.25) is 4.79 Å². The van der Waals surface area contributed by atoms with E-state index in [4.69, 9.17) is 4.74 Å². The molecule has 29 heavy (non-hydrogen) atoms. The van der Waals surface area contributed by atoms with Crippen LogP contribution in [0, 0.1) is 0 Å². The number of morpholine rings is 1. The largest absolute Gasteiger partial charge is 0.378 e. The number of nitrogens with zero attached hydrogens (tertiary/aromatic N) is 6. The number of ether oxygens (including phenoxy) is 1. The van der Waals surface area contributed by atoms with Gasteiger partial charge in [-0.05, 0) is 16.8 Å². The zero-order valence-electron chi connectivity index (χ0n) is 16.4. The molecule has 1 aliphatic rings. The van der Waals surface area contributed by atoms with Gasteiger partial charge in [0.25, 0.3) is 0 Å². The summed E-state index contributed by atoms with van der Waals surface area (Å²) < 4.78 is 5.45. The van der Waals surface area contributed by atoms with Gasteiger partial charge < -0.3 is 14.5 Å². The molecule has 2 aromatic carbocycles. The summed E-state index contributed by atoms with van der Waals surface area (Å²) in [6.45, 7) is 3.75. The first-order valence-electron chi connectivity index (χ1n) is 9.68. The molecular formula is C21H24N6O2. The fraction of sp³-hybridized carbons (Fsp3) is 0.333. The topological polar surface area (TPSA) is 76.4 Å². The molecule has 0 saturated carbocycles. The number of hydrogen-bond donors (Lipinski definition) is 0. The van der Waals surface area contributed by atoms with Gasteiger partial charge in [-0.15, -0.1) is 10.2 Å². The Morgan fingerprint density at radius 3 is 2.59 bits per heavy atom. The molecule has 1 amide bonds. The first kappa shape index (κ1) is 19.1. The van der Waals surface area contributed by atoms with E-state index in [9.17, 15) is 4.79 Å². The zero-order valence-corrected chi connectivity index (χ0v) is 16.4. The summed E-state index contributed by atoms with van der Waals surface area (Å²) in [6.07, 6.45) is 0. The van der Waals surface area contributed by atoms with Gasteiger partial charge in [0.05, 0.1) is 13.2 Å². The molecule has 0 aliphatic carbocycles. The number of para-hydroxylation sites is 1. The van der Waals surface area contributed by atoms with Gasteiger partial charge in [0.2, 0.25) is 11.7 Å². The second kappa shape index (κ2) is 8.83. The van der Waals surface area contributed by atoms with Crippen LogP contribution in [0.2, 0.25) is 0 Å². The van der Waals surface area contributed by atoms with Crippen molar-refractivity contribution in [1.29, 1.82) is 0 Å². The summed E-state index contributed by atoms with van der Waals surface area (Å²) >= 11 is 0. The van der Waals surface area contributed by atoms with E-state index < -0.39 is 0 Å². The highest BCUT2D eigenvalue weighted by Gasteiger charge is 2.18. The summed E-state index contributed by atoms with van der Waals surface area (Å²) in [5.41, 5.74) is 3.14. The van der Waals surface area contributed by atoms with Gasteiger partial charge in [0.1, 0.15) is 6.54 Å². The zero-order chi connectivity index (χ0) is 20.1. The Kier molecular flexibility index (Phi) is 5.81. The second-order valence-electron chi connectivity index (χ2n) is 6.99. The average molecular weight is 392 g/mol. The molecule has 1 saturated heterocycles. The van der Waals surface area contributed by atoms with Crippen LogP contribution in [0.4, 0.5) is 5.69 Å². The fourth-order valence-corrected chi connectivity index (χ4v) is 3.36. The minimum atomic E-state index is -0.0706.